The van der Waals surface area contributed by atoms with Gasteiger partial charge in [0.15, 0.2) is 0 Å². The summed E-state index contributed by atoms with van der Waals surface area (Å²) in [6, 6.07) is 7.10. The second-order valence-corrected chi connectivity index (χ2v) is 5.12. The minimum absolute atomic E-state index is 0.0168. The summed E-state index contributed by atoms with van der Waals surface area (Å²) in [5.74, 6) is 1.44. The predicted molar refractivity (Wildman–Crippen MR) is 69.7 cm³/mol. The lowest BCUT2D eigenvalue weighted by Gasteiger charge is -2.11. The van der Waals surface area contributed by atoms with Gasteiger partial charge >= 0.3 is 0 Å². The molecule has 3 nitrogen and oxygen atoms in total. The van der Waals surface area contributed by atoms with Crippen molar-refractivity contribution in [2.24, 2.45) is 11.8 Å². The van der Waals surface area contributed by atoms with Gasteiger partial charge in [0.2, 0.25) is 0 Å². The van der Waals surface area contributed by atoms with E-state index in [1.165, 1.54) is 19.3 Å². The van der Waals surface area contributed by atoms with Crippen LogP contribution >= 0.6 is 0 Å². The Kier molecular flexibility index (Phi) is 3.67. The molecule has 0 saturated heterocycles. The lowest BCUT2D eigenvalue weighted by Crippen LogP contribution is -2.28. The number of hydrogen-bond donors (Lipinski definition) is 2. The number of hydrogen-bond acceptors (Lipinski definition) is 2. The fourth-order valence-corrected chi connectivity index (χ4v) is 2.53. The molecular weight excluding hydrogens is 212 g/mol. The molecule has 2 rings (SSSR count). The molecule has 1 aliphatic carbocycles. The number of rotatable bonds is 3. The van der Waals surface area contributed by atoms with Crippen LogP contribution in [0.4, 0.5) is 5.69 Å². The van der Waals surface area contributed by atoms with Gasteiger partial charge < -0.3 is 11.1 Å². The van der Waals surface area contributed by atoms with Crippen LogP contribution in [0.25, 0.3) is 0 Å². The number of nitrogens with two attached hydrogens (primary N) is 1. The average molecular weight is 232 g/mol. The summed E-state index contributed by atoms with van der Waals surface area (Å²) in [5.41, 5.74) is 6.93. The van der Waals surface area contributed by atoms with Crippen molar-refractivity contribution in [3.63, 3.8) is 0 Å². The lowest BCUT2D eigenvalue weighted by atomic mass is 10.1. The molecule has 1 saturated carbocycles. The topological polar surface area (TPSA) is 55.1 Å². The molecule has 1 aromatic carbocycles. The van der Waals surface area contributed by atoms with Crippen molar-refractivity contribution in [3.05, 3.63) is 29.8 Å². The molecule has 0 aliphatic heterocycles. The van der Waals surface area contributed by atoms with Crippen molar-refractivity contribution in [1.29, 1.82) is 0 Å². The van der Waals surface area contributed by atoms with E-state index >= 15 is 0 Å². The molecule has 17 heavy (non-hydrogen) atoms. The van der Waals surface area contributed by atoms with Crippen LogP contribution in [0.3, 0.4) is 0 Å². The number of carbonyl (C=O) groups excluding carboxylic acids is 1. The summed E-state index contributed by atoms with van der Waals surface area (Å²) in [4.78, 5) is 11.9. The fourth-order valence-electron chi connectivity index (χ4n) is 2.53. The normalized spacial score (nSPS) is 23.6. The van der Waals surface area contributed by atoms with Crippen molar-refractivity contribution in [2.45, 2.75) is 26.2 Å². The highest BCUT2D eigenvalue weighted by Crippen LogP contribution is 2.29. The minimum Gasteiger partial charge on any atom is -0.399 e. The quantitative estimate of drug-likeness (QED) is 0.786. The lowest BCUT2D eigenvalue weighted by molar-refractivity contribution is 0.0947. The first-order chi connectivity index (χ1) is 8.15. The minimum atomic E-state index is -0.0168. The number of nitrogens with one attached hydrogen (secondary N) is 1. The molecule has 0 radical (unpaired) electrons. The van der Waals surface area contributed by atoms with Crippen LogP contribution in [0, 0.1) is 11.8 Å². The van der Waals surface area contributed by atoms with Crippen LogP contribution in [0.2, 0.25) is 0 Å². The first kappa shape index (κ1) is 12.0. The third-order valence-electron chi connectivity index (χ3n) is 3.50. The monoisotopic (exact) mass is 232 g/mol. The third kappa shape index (κ3) is 3.22. The smallest absolute Gasteiger partial charge is 0.251 e. The molecule has 1 amide bonds. The van der Waals surface area contributed by atoms with Crippen molar-refractivity contribution in [3.8, 4) is 0 Å². The van der Waals surface area contributed by atoms with E-state index in [1.54, 1.807) is 18.2 Å². The van der Waals surface area contributed by atoms with Crippen LogP contribution in [0.1, 0.15) is 36.5 Å². The van der Waals surface area contributed by atoms with Crippen molar-refractivity contribution >= 4 is 11.6 Å². The maximum atomic E-state index is 11.9. The second-order valence-electron chi connectivity index (χ2n) is 5.12. The first-order valence-electron chi connectivity index (χ1n) is 6.29. The average Bonchev–Trinajstić information content (AvgIpc) is 2.72. The summed E-state index contributed by atoms with van der Waals surface area (Å²) in [6.45, 7) is 3.07. The highest BCUT2D eigenvalue weighted by molar-refractivity contribution is 5.94. The predicted octanol–water partition coefficient (Wildman–Crippen LogP) is 2.43. The molecule has 1 fully saturated rings. The summed E-state index contributed by atoms with van der Waals surface area (Å²) < 4.78 is 0. The van der Waals surface area contributed by atoms with Crippen LogP contribution < -0.4 is 11.1 Å². The van der Waals surface area contributed by atoms with Gasteiger partial charge in [0.1, 0.15) is 0 Å². The van der Waals surface area contributed by atoms with E-state index in [0.29, 0.717) is 17.2 Å². The molecule has 92 valence electrons. The molecule has 3 heteroatoms. The summed E-state index contributed by atoms with van der Waals surface area (Å²) in [6.07, 6.45) is 3.76. The van der Waals surface area contributed by atoms with Crippen LogP contribution in [0.5, 0.6) is 0 Å². The Hall–Kier alpha value is -1.51. The zero-order chi connectivity index (χ0) is 12.3. The van der Waals surface area contributed by atoms with E-state index in [4.69, 9.17) is 5.73 Å². The molecule has 0 bridgehead atoms. The van der Waals surface area contributed by atoms with Gasteiger partial charge in [-0.1, -0.05) is 19.4 Å². The second kappa shape index (κ2) is 5.21. The van der Waals surface area contributed by atoms with Gasteiger partial charge in [-0.25, -0.2) is 0 Å². The standard InChI is InChI=1S/C14H20N2O/c1-10-5-6-11(7-10)9-16-14(17)12-3-2-4-13(15)8-12/h2-4,8,10-11H,5-7,9,15H2,1H3,(H,16,17). The van der Waals surface area contributed by atoms with Gasteiger partial charge in [0.25, 0.3) is 5.91 Å². The molecule has 2 atom stereocenters. The number of amides is 1. The molecule has 0 aromatic heterocycles. The Balaban J connectivity index is 1.85. The summed E-state index contributed by atoms with van der Waals surface area (Å²) in [7, 11) is 0. The fraction of sp³-hybridized carbons (Fsp3) is 0.500. The zero-order valence-corrected chi connectivity index (χ0v) is 10.3. The van der Waals surface area contributed by atoms with Crippen molar-refractivity contribution < 1.29 is 4.79 Å². The Morgan fingerprint density at radius 3 is 2.94 bits per heavy atom. The van der Waals surface area contributed by atoms with Crippen LogP contribution in [0.15, 0.2) is 24.3 Å². The Labute approximate surface area is 102 Å². The molecule has 3 N–H and O–H groups in total. The van der Waals surface area contributed by atoms with E-state index in [-0.39, 0.29) is 5.91 Å². The van der Waals surface area contributed by atoms with Gasteiger partial charge in [0, 0.05) is 17.8 Å². The SMILES string of the molecule is CC1CCC(CNC(=O)c2cccc(N)c2)C1. The Morgan fingerprint density at radius 1 is 1.47 bits per heavy atom. The number of carbonyl (C=O) groups is 1. The van der Waals surface area contributed by atoms with Gasteiger partial charge in [0.05, 0.1) is 0 Å². The molecular formula is C14H20N2O. The molecule has 1 aliphatic rings. The Morgan fingerprint density at radius 2 is 2.29 bits per heavy atom. The van der Waals surface area contributed by atoms with E-state index in [1.807, 2.05) is 6.07 Å². The molecule has 0 spiro atoms. The summed E-state index contributed by atoms with van der Waals surface area (Å²) >= 11 is 0. The maximum absolute atomic E-state index is 11.9. The third-order valence-corrected chi connectivity index (χ3v) is 3.50. The van der Waals surface area contributed by atoms with Crippen LogP contribution in [-0.2, 0) is 0 Å². The molecule has 1 aromatic rings. The van der Waals surface area contributed by atoms with Crippen LogP contribution in [-0.4, -0.2) is 12.5 Å². The summed E-state index contributed by atoms with van der Waals surface area (Å²) in [5, 5.41) is 2.99. The number of anilines is 1. The number of nitrogen functional groups attached to an aromatic ring is 1. The van der Waals surface area contributed by atoms with Gasteiger partial charge in [-0.2, -0.15) is 0 Å². The highest BCUT2D eigenvalue weighted by Gasteiger charge is 2.21. The largest absolute Gasteiger partial charge is 0.399 e. The van der Waals surface area contributed by atoms with E-state index in [9.17, 15) is 4.79 Å². The highest BCUT2D eigenvalue weighted by atomic mass is 16.1. The van der Waals surface area contributed by atoms with Crippen molar-refractivity contribution in [2.75, 3.05) is 12.3 Å². The first-order valence-corrected chi connectivity index (χ1v) is 6.29. The molecule has 0 heterocycles. The number of benzene rings is 1. The van der Waals surface area contributed by atoms with Gasteiger partial charge in [-0.05, 0) is 42.9 Å². The van der Waals surface area contributed by atoms with E-state index in [2.05, 4.69) is 12.2 Å². The maximum Gasteiger partial charge on any atom is 0.251 e. The Bertz CT molecular complexity index is 403. The van der Waals surface area contributed by atoms with Crippen molar-refractivity contribution in [1.82, 2.24) is 5.32 Å². The molecule has 2 unspecified atom stereocenters. The van der Waals surface area contributed by atoms with Gasteiger partial charge in [-0.15, -0.1) is 0 Å². The van der Waals surface area contributed by atoms with E-state index < -0.39 is 0 Å². The van der Waals surface area contributed by atoms with Gasteiger partial charge in [-0.3, -0.25) is 4.79 Å². The zero-order valence-electron chi connectivity index (χ0n) is 10.3. The van der Waals surface area contributed by atoms with E-state index in [0.717, 1.165) is 12.5 Å².